The first kappa shape index (κ1) is 16.9. The van der Waals surface area contributed by atoms with Gasteiger partial charge in [0.05, 0.1) is 17.7 Å². The lowest BCUT2D eigenvalue weighted by atomic mass is 10.0. The molecule has 4 rings (SSSR count). The predicted octanol–water partition coefficient (Wildman–Crippen LogP) is 4.45. The van der Waals surface area contributed by atoms with Gasteiger partial charge in [-0.1, -0.05) is 36.4 Å². The molecule has 0 saturated carbocycles. The highest BCUT2D eigenvalue weighted by Gasteiger charge is 2.24. The molecule has 1 aliphatic heterocycles. The zero-order valence-electron chi connectivity index (χ0n) is 14.7. The van der Waals surface area contributed by atoms with Crippen molar-refractivity contribution in [1.29, 1.82) is 0 Å². The van der Waals surface area contributed by atoms with E-state index in [1.54, 1.807) is 18.5 Å². The van der Waals surface area contributed by atoms with E-state index in [-0.39, 0.29) is 5.56 Å². The molecule has 2 aromatic carbocycles. The molecule has 0 radical (unpaired) electrons. The molecule has 0 spiro atoms. The van der Waals surface area contributed by atoms with Gasteiger partial charge in [-0.15, -0.1) is 0 Å². The van der Waals surface area contributed by atoms with Gasteiger partial charge in [0.25, 0.3) is 0 Å². The fourth-order valence-corrected chi connectivity index (χ4v) is 3.75. The van der Waals surface area contributed by atoms with Crippen molar-refractivity contribution in [2.75, 3.05) is 20.1 Å². The van der Waals surface area contributed by atoms with Crippen molar-refractivity contribution in [2.45, 2.75) is 13.0 Å². The molecule has 1 aromatic heterocycles. The fourth-order valence-electron chi connectivity index (χ4n) is 3.75. The minimum atomic E-state index is -0.838. The number of halogens is 2. The summed E-state index contributed by atoms with van der Waals surface area (Å²) >= 11 is 0. The Morgan fingerprint density at radius 3 is 2.62 bits per heavy atom. The van der Waals surface area contributed by atoms with Gasteiger partial charge in [0, 0.05) is 24.2 Å². The maximum absolute atomic E-state index is 14.6. The van der Waals surface area contributed by atoms with Crippen LogP contribution in [0.2, 0.25) is 0 Å². The van der Waals surface area contributed by atoms with Gasteiger partial charge < -0.3 is 9.47 Å². The van der Waals surface area contributed by atoms with Crippen molar-refractivity contribution in [3.05, 3.63) is 66.5 Å². The molecule has 1 saturated heterocycles. The second kappa shape index (κ2) is 7.00. The molecule has 1 atom stereocenters. The number of nitrogens with zero attached hydrogens (tertiary/aromatic N) is 3. The minimum absolute atomic E-state index is 0.257. The van der Waals surface area contributed by atoms with Gasteiger partial charge in [0.2, 0.25) is 0 Å². The highest BCUT2D eigenvalue weighted by atomic mass is 19.2. The number of aromatic nitrogens is 2. The predicted molar refractivity (Wildman–Crippen MR) is 98.6 cm³/mol. The van der Waals surface area contributed by atoms with Crippen LogP contribution in [0.15, 0.2) is 54.9 Å². The number of imidazole rings is 1. The molecule has 3 aromatic rings. The number of hydrogen-bond donors (Lipinski definition) is 0. The second-order valence-electron chi connectivity index (χ2n) is 6.98. The zero-order chi connectivity index (χ0) is 18.1. The number of benzene rings is 2. The number of rotatable bonds is 4. The Labute approximate surface area is 151 Å². The lowest BCUT2D eigenvalue weighted by molar-refractivity contribution is 0.378. The van der Waals surface area contributed by atoms with Crippen LogP contribution in [-0.4, -0.2) is 34.6 Å². The molecule has 3 nitrogen and oxygen atoms in total. The molecule has 1 aliphatic rings. The standard InChI is InChI=1S/C21H21F2N3/c1-25-11-10-15(12-25)13-26-14-24-20(16-6-3-2-4-7-16)21(26)17-8-5-9-18(22)19(17)23/h2-9,14-15H,10-13H2,1H3. The highest BCUT2D eigenvalue weighted by molar-refractivity contribution is 5.78. The molecular weight excluding hydrogens is 332 g/mol. The van der Waals surface area contributed by atoms with Gasteiger partial charge in [-0.2, -0.15) is 0 Å². The Balaban J connectivity index is 1.82. The van der Waals surface area contributed by atoms with Crippen LogP contribution in [0.5, 0.6) is 0 Å². The van der Waals surface area contributed by atoms with E-state index in [0.29, 0.717) is 17.3 Å². The van der Waals surface area contributed by atoms with E-state index < -0.39 is 11.6 Å². The Bertz CT molecular complexity index is 905. The molecule has 1 fully saturated rings. The highest BCUT2D eigenvalue weighted by Crippen LogP contribution is 2.34. The molecular formula is C21H21F2N3. The summed E-state index contributed by atoms with van der Waals surface area (Å²) in [7, 11) is 2.11. The maximum Gasteiger partial charge on any atom is 0.168 e. The van der Waals surface area contributed by atoms with Crippen LogP contribution in [-0.2, 0) is 6.54 Å². The summed E-state index contributed by atoms with van der Waals surface area (Å²) in [5, 5.41) is 0. The van der Waals surface area contributed by atoms with E-state index in [9.17, 15) is 8.78 Å². The average Bonchev–Trinajstić information content (AvgIpc) is 3.25. The number of likely N-dealkylation sites (tertiary alicyclic amines) is 1. The Morgan fingerprint density at radius 1 is 1.08 bits per heavy atom. The first-order valence-corrected chi connectivity index (χ1v) is 8.87. The van der Waals surface area contributed by atoms with Crippen LogP contribution >= 0.6 is 0 Å². The summed E-state index contributed by atoms with van der Waals surface area (Å²) in [4.78, 5) is 6.85. The molecule has 0 amide bonds. The third kappa shape index (κ3) is 3.15. The SMILES string of the molecule is CN1CCC(Cn2cnc(-c3ccccc3)c2-c2cccc(F)c2F)C1. The van der Waals surface area contributed by atoms with Crippen molar-refractivity contribution in [2.24, 2.45) is 5.92 Å². The van der Waals surface area contributed by atoms with E-state index in [0.717, 1.165) is 37.7 Å². The molecule has 5 heteroatoms. The Hall–Kier alpha value is -2.53. The van der Waals surface area contributed by atoms with Gasteiger partial charge in [-0.05, 0) is 38.1 Å². The minimum Gasteiger partial charge on any atom is -0.330 e. The van der Waals surface area contributed by atoms with Gasteiger partial charge >= 0.3 is 0 Å². The zero-order valence-corrected chi connectivity index (χ0v) is 14.7. The molecule has 0 N–H and O–H groups in total. The average molecular weight is 353 g/mol. The molecule has 0 bridgehead atoms. The van der Waals surface area contributed by atoms with Crippen LogP contribution in [0, 0.1) is 17.6 Å². The normalized spacial score (nSPS) is 17.7. The van der Waals surface area contributed by atoms with Crippen LogP contribution in [0.25, 0.3) is 22.5 Å². The van der Waals surface area contributed by atoms with E-state index in [2.05, 4.69) is 16.9 Å². The van der Waals surface area contributed by atoms with E-state index in [1.165, 1.54) is 0 Å². The van der Waals surface area contributed by atoms with E-state index in [1.807, 2.05) is 34.9 Å². The lowest BCUT2D eigenvalue weighted by Crippen LogP contribution is -2.17. The smallest absolute Gasteiger partial charge is 0.168 e. The third-order valence-electron chi connectivity index (χ3n) is 5.04. The summed E-state index contributed by atoms with van der Waals surface area (Å²) in [6.45, 7) is 2.81. The largest absolute Gasteiger partial charge is 0.330 e. The van der Waals surface area contributed by atoms with Crippen LogP contribution in [0.3, 0.4) is 0 Å². The van der Waals surface area contributed by atoms with Crippen molar-refractivity contribution in [3.8, 4) is 22.5 Å². The summed E-state index contributed by atoms with van der Waals surface area (Å²) < 4.78 is 30.4. The van der Waals surface area contributed by atoms with E-state index >= 15 is 0 Å². The molecule has 26 heavy (non-hydrogen) atoms. The van der Waals surface area contributed by atoms with Gasteiger partial charge in [0.15, 0.2) is 11.6 Å². The molecule has 1 unspecified atom stereocenters. The van der Waals surface area contributed by atoms with E-state index in [4.69, 9.17) is 0 Å². The first-order chi connectivity index (χ1) is 12.6. The quantitative estimate of drug-likeness (QED) is 0.691. The molecule has 2 heterocycles. The second-order valence-corrected chi connectivity index (χ2v) is 6.98. The summed E-state index contributed by atoms with van der Waals surface area (Å²) in [5.41, 5.74) is 2.48. The van der Waals surface area contributed by atoms with Crippen LogP contribution in [0.1, 0.15) is 6.42 Å². The van der Waals surface area contributed by atoms with Crippen molar-refractivity contribution >= 4 is 0 Å². The van der Waals surface area contributed by atoms with Gasteiger partial charge in [-0.25, -0.2) is 13.8 Å². The first-order valence-electron chi connectivity index (χ1n) is 8.87. The summed E-state index contributed by atoms with van der Waals surface area (Å²) in [5.74, 6) is -1.18. The van der Waals surface area contributed by atoms with Crippen molar-refractivity contribution < 1.29 is 8.78 Å². The Morgan fingerprint density at radius 2 is 1.88 bits per heavy atom. The summed E-state index contributed by atoms with van der Waals surface area (Å²) in [6, 6.07) is 14.0. The van der Waals surface area contributed by atoms with Crippen molar-refractivity contribution in [1.82, 2.24) is 14.5 Å². The van der Waals surface area contributed by atoms with Crippen molar-refractivity contribution in [3.63, 3.8) is 0 Å². The molecule has 0 aliphatic carbocycles. The Kier molecular flexibility index (Phi) is 4.55. The number of hydrogen-bond acceptors (Lipinski definition) is 2. The third-order valence-corrected chi connectivity index (χ3v) is 5.04. The monoisotopic (exact) mass is 353 g/mol. The van der Waals surface area contributed by atoms with Gasteiger partial charge in [-0.3, -0.25) is 0 Å². The van der Waals surface area contributed by atoms with Crippen LogP contribution in [0.4, 0.5) is 8.78 Å². The maximum atomic E-state index is 14.6. The topological polar surface area (TPSA) is 21.1 Å². The van der Waals surface area contributed by atoms with Gasteiger partial charge in [0.1, 0.15) is 0 Å². The van der Waals surface area contributed by atoms with Crippen LogP contribution < -0.4 is 0 Å². The summed E-state index contributed by atoms with van der Waals surface area (Å²) in [6.07, 6.45) is 2.85. The fraction of sp³-hybridized carbons (Fsp3) is 0.286. The molecule has 134 valence electrons. The lowest BCUT2D eigenvalue weighted by Gasteiger charge is -2.15.